The van der Waals surface area contributed by atoms with Gasteiger partial charge in [-0.3, -0.25) is 4.90 Å². The Morgan fingerprint density at radius 2 is 2.09 bits per heavy atom. The molecule has 0 bridgehead atoms. The molecule has 0 spiro atoms. The van der Waals surface area contributed by atoms with Crippen LogP contribution in [0, 0.1) is 11.3 Å². The fraction of sp³-hybridized carbons (Fsp3) is 0.562. The van der Waals surface area contributed by atoms with E-state index < -0.39 is 10.0 Å². The van der Waals surface area contributed by atoms with Gasteiger partial charge in [-0.2, -0.15) is 9.57 Å². The molecule has 1 aromatic carbocycles. The molecule has 2 aliphatic heterocycles. The molecule has 0 amide bonds. The number of fused-ring (bicyclic) bond motifs is 1. The van der Waals surface area contributed by atoms with Crippen LogP contribution in [0.1, 0.15) is 31.7 Å². The lowest BCUT2D eigenvalue weighted by Gasteiger charge is -2.46. The van der Waals surface area contributed by atoms with Gasteiger partial charge in [-0.25, -0.2) is 8.42 Å². The van der Waals surface area contributed by atoms with Crippen molar-refractivity contribution in [3.8, 4) is 6.07 Å². The number of nitrogens with zero attached hydrogens (tertiary/aromatic N) is 3. The SMILES string of the molecule is C[C@H]1CN2CCCC[C@@H]2CN1S(=O)(=O)c1ccc(C#N)c(Cl)c1. The van der Waals surface area contributed by atoms with E-state index in [4.69, 9.17) is 16.9 Å². The van der Waals surface area contributed by atoms with Crippen molar-refractivity contribution in [1.29, 1.82) is 5.26 Å². The molecule has 124 valence electrons. The Bertz CT molecular complexity index is 744. The van der Waals surface area contributed by atoms with Crippen LogP contribution in [-0.2, 0) is 10.0 Å². The van der Waals surface area contributed by atoms with Crippen molar-refractivity contribution in [2.24, 2.45) is 0 Å². The number of nitriles is 1. The van der Waals surface area contributed by atoms with Crippen LogP contribution in [-0.4, -0.2) is 49.3 Å². The molecular weight excluding hydrogens is 334 g/mol. The van der Waals surface area contributed by atoms with E-state index in [1.165, 1.54) is 24.6 Å². The molecule has 0 unspecified atom stereocenters. The lowest BCUT2D eigenvalue weighted by molar-refractivity contribution is 0.0564. The molecule has 1 aromatic rings. The topological polar surface area (TPSA) is 64.4 Å². The summed E-state index contributed by atoms with van der Waals surface area (Å²) in [6, 6.07) is 6.52. The van der Waals surface area contributed by atoms with Gasteiger partial charge in [0.15, 0.2) is 0 Å². The first kappa shape index (κ1) is 16.7. The summed E-state index contributed by atoms with van der Waals surface area (Å²) in [6.07, 6.45) is 3.40. The first-order valence-electron chi connectivity index (χ1n) is 7.89. The summed E-state index contributed by atoms with van der Waals surface area (Å²) in [5, 5.41) is 9.11. The monoisotopic (exact) mass is 353 g/mol. The number of halogens is 1. The Morgan fingerprint density at radius 1 is 1.30 bits per heavy atom. The summed E-state index contributed by atoms with van der Waals surface area (Å²) >= 11 is 6.01. The molecule has 0 aromatic heterocycles. The van der Waals surface area contributed by atoms with Crippen LogP contribution in [0.5, 0.6) is 0 Å². The molecular formula is C16H20ClN3O2S. The average molecular weight is 354 g/mol. The maximum absolute atomic E-state index is 13.0. The quantitative estimate of drug-likeness (QED) is 0.819. The van der Waals surface area contributed by atoms with Crippen molar-refractivity contribution in [1.82, 2.24) is 9.21 Å². The lowest BCUT2D eigenvalue weighted by atomic mass is 9.99. The van der Waals surface area contributed by atoms with Crippen LogP contribution in [0.25, 0.3) is 0 Å². The van der Waals surface area contributed by atoms with E-state index in [0.29, 0.717) is 12.6 Å². The predicted octanol–water partition coefficient (Wildman–Crippen LogP) is 2.46. The van der Waals surface area contributed by atoms with Gasteiger partial charge in [0.1, 0.15) is 6.07 Å². The molecule has 0 aliphatic carbocycles. The highest BCUT2D eigenvalue weighted by molar-refractivity contribution is 7.89. The van der Waals surface area contributed by atoms with Gasteiger partial charge in [0.25, 0.3) is 0 Å². The maximum Gasteiger partial charge on any atom is 0.243 e. The van der Waals surface area contributed by atoms with Crippen LogP contribution in [0.4, 0.5) is 0 Å². The largest absolute Gasteiger partial charge is 0.297 e. The first-order valence-corrected chi connectivity index (χ1v) is 9.71. The predicted molar refractivity (Wildman–Crippen MR) is 88.7 cm³/mol. The molecule has 23 heavy (non-hydrogen) atoms. The van der Waals surface area contributed by atoms with Crippen LogP contribution >= 0.6 is 11.6 Å². The minimum atomic E-state index is -3.60. The number of benzene rings is 1. The van der Waals surface area contributed by atoms with E-state index in [9.17, 15) is 8.42 Å². The molecule has 2 aliphatic rings. The molecule has 2 heterocycles. The lowest BCUT2D eigenvalue weighted by Crippen LogP contribution is -2.59. The van der Waals surface area contributed by atoms with Crippen molar-refractivity contribution in [3.63, 3.8) is 0 Å². The number of piperidine rings is 1. The van der Waals surface area contributed by atoms with Crippen molar-refractivity contribution in [2.45, 2.75) is 43.2 Å². The molecule has 0 saturated carbocycles. The maximum atomic E-state index is 13.0. The Balaban J connectivity index is 1.90. The third kappa shape index (κ3) is 3.11. The van der Waals surface area contributed by atoms with Crippen molar-refractivity contribution in [3.05, 3.63) is 28.8 Å². The highest BCUT2D eigenvalue weighted by atomic mass is 35.5. The van der Waals surface area contributed by atoms with Crippen LogP contribution in [0.15, 0.2) is 23.1 Å². The Hall–Kier alpha value is -1.13. The van der Waals surface area contributed by atoms with Crippen molar-refractivity contribution >= 4 is 21.6 Å². The van der Waals surface area contributed by atoms with Gasteiger partial charge < -0.3 is 0 Å². The van der Waals surface area contributed by atoms with Crippen LogP contribution < -0.4 is 0 Å². The number of rotatable bonds is 2. The van der Waals surface area contributed by atoms with Gasteiger partial charge in [-0.1, -0.05) is 18.0 Å². The van der Waals surface area contributed by atoms with E-state index in [-0.39, 0.29) is 21.5 Å². The van der Waals surface area contributed by atoms with Crippen molar-refractivity contribution < 1.29 is 8.42 Å². The average Bonchev–Trinajstić information content (AvgIpc) is 2.54. The molecule has 0 N–H and O–H groups in total. The third-order valence-electron chi connectivity index (χ3n) is 4.80. The minimum Gasteiger partial charge on any atom is -0.297 e. The van der Waals surface area contributed by atoms with E-state index in [1.54, 1.807) is 4.31 Å². The molecule has 7 heteroatoms. The fourth-order valence-corrected chi connectivity index (χ4v) is 5.52. The Morgan fingerprint density at radius 3 is 2.78 bits per heavy atom. The molecule has 0 radical (unpaired) electrons. The van der Waals surface area contributed by atoms with Crippen LogP contribution in [0.3, 0.4) is 0 Å². The Kier molecular flexibility index (Phi) is 4.65. The highest BCUT2D eigenvalue weighted by Gasteiger charge is 2.39. The summed E-state index contributed by atoms with van der Waals surface area (Å²) in [7, 11) is -3.60. The highest BCUT2D eigenvalue weighted by Crippen LogP contribution is 2.30. The molecule has 3 rings (SSSR count). The summed E-state index contributed by atoms with van der Waals surface area (Å²) in [6.45, 7) is 4.31. The van der Waals surface area contributed by atoms with Crippen molar-refractivity contribution in [2.75, 3.05) is 19.6 Å². The molecule has 2 fully saturated rings. The second-order valence-electron chi connectivity index (χ2n) is 6.32. The summed E-state index contributed by atoms with van der Waals surface area (Å²) in [5.74, 6) is 0. The summed E-state index contributed by atoms with van der Waals surface area (Å²) in [5.41, 5.74) is 0.288. The zero-order valence-corrected chi connectivity index (χ0v) is 14.6. The van der Waals surface area contributed by atoms with E-state index in [1.807, 2.05) is 13.0 Å². The van der Waals surface area contributed by atoms with E-state index in [0.717, 1.165) is 25.9 Å². The van der Waals surface area contributed by atoms with Gasteiger partial charge in [0.2, 0.25) is 10.0 Å². The molecule has 2 atom stereocenters. The minimum absolute atomic E-state index is 0.0660. The zero-order chi connectivity index (χ0) is 16.6. The van der Waals surface area contributed by atoms with Crippen LogP contribution in [0.2, 0.25) is 5.02 Å². The van der Waals surface area contributed by atoms with E-state index >= 15 is 0 Å². The van der Waals surface area contributed by atoms with Gasteiger partial charge >= 0.3 is 0 Å². The van der Waals surface area contributed by atoms with Gasteiger partial charge in [-0.05, 0) is 44.5 Å². The molecule has 5 nitrogen and oxygen atoms in total. The fourth-order valence-electron chi connectivity index (χ4n) is 3.54. The third-order valence-corrected chi connectivity index (χ3v) is 7.09. The second kappa shape index (κ2) is 6.40. The van der Waals surface area contributed by atoms with Gasteiger partial charge in [-0.15, -0.1) is 0 Å². The van der Waals surface area contributed by atoms with Gasteiger partial charge in [0.05, 0.1) is 15.5 Å². The Labute approximate surface area is 142 Å². The standard InChI is InChI=1S/C16H20ClN3O2S/c1-12-10-19-7-3-2-4-14(19)11-20(12)23(21,22)15-6-5-13(9-18)16(17)8-15/h5-6,8,12,14H,2-4,7,10-11H2,1H3/t12-,14+/m0/s1. The summed E-state index contributed by atoms with van der Waals surface area (Å²) < 4.78 is 27.6. The summed E-state index contributed by atoms with van der Waals surface area (Å²) in [4.78, 5) is 2.57. The second-order valence-corrected chi connectivity index (χ2v) is 8.62. The smallest absolute Gasteiger partial charge is 0.243 e. The van der Waals surface area contributed by atoms with Gasteiger partial charge in [0, 0.05) is 25.2 Å². The zero-order valence-electron chi connectivity index (χ0n) is 13.1. The molecule has 2 saturated heterocycles. The normalized spacial score (nSPS) is 26.5. The first-order chi connectivity index (χ1) is 10.9. The number of sulfonamides is 1. The number of hydrogen-bond donors (Lipinski definition) is 0. The number of piperazine rings is 1. The number of hydrogen-bond acceptors (Lipinski definition) is 4. The van der Waals surface area contributed by atoms with E-state index in [2.05, 4.69) is 4.90 Å².